The van der Waals surface area contributed by atoms with Gasteiger partial charge in [0.1, 0.15) is 18.1 Å². The third-order valence-corrected chi connectivity index (χ3v) is 4.09. The van der Waals surface area contributed by atoms with Crippen molar-refractivity contribution in [2.45, 2.75) is 70.6 Å². The van der Waals surface area contributed by atoms with E-state index in [1.165, 1.54) is 6.92 Å². The summed E-state index contributed by atoms with van der Waals surface area (Å²) >= 11 is 0. The largest absolute Gasteiger partial charge is 0.480 e. The number of carboxylic acid groups (broad SMARTS) is 1. The standard InChI is InChI=1S/C18H32N6O7/c1-8(2)6-12(18(30)31)24-16(28)10(4-5-13(20)25)22-17(29)11(7-14(21)26)23-15(27)9(3)19/h8-12H,4-7,19H2,1-3H3,(H2,20,25)(H2,21,26)(H,22,29)(H,23,27)(H,24,28)(H,30,31). The number of nitrogens with one attached hydrogen (secondary N) is 3. The van der Waals surface area contributed by atoms with Gasteiger partial charge in [-0.2, -0.15) is 0 Å². The van der Waals surface area contributed by atoms with Crippen molar-refractivity contribution in [3.8, 4) is 0 Å². The van der Waals surface area contributed by atoms with Gasteiger partial charge in [0.25, 0.3) is 0 Å². The minimum atomic E-state index is -1.43. The molecule has 0 aromatic rings. The maximum absolute atomic E-state index is 12.6. The van der Waals surface area contributed by atoms with E-state index in [9.17, 15) is 33.9 Å². The van der Waals surface area contributed by atoms with Gasteiger partial charge in [0, 0.05) is 6.42 Å². The minimum absolute atomic E-state index is 0.0477. The minimum Gasteiger partial charge on any atom is -0.480 e. The van der Waals surface area contributed by atoms with Crippen molar-refractivity contribution < 1.29 is 33.9 Å². The molecule has 0 aliphatic carbocycles. The van der Waals surface area contributed by atoms with Crippen LogP contribution in [-0.2, 0) is 28.8 Å². The van der Waals surface area contributed by atoms with Gasteiger partial charge in [0.05, 0.1) is 12.5 Å². The average molecular weight is 444 g/mol. The fraction of sp³-hybridized carbons (Fsp3) is 0.667. The predicted octanol–water partition coefficient (Wildman–Crippen LogP) is -2.94. The van der Waals surface area contributed by atoms with Crippen LogP contribution >= 0.6 is 0 Å². The highest BCUT2D eigenvalue weighted by atomic mass is 16.4. The molecule has 0 fully saturated rings. The van der Waals surface area contributed by atoms with Crippen LogP contribution in [0.1, 0.15) is 46.5 Å². The lowest BCUT2D eigenvalue weighted by molar-refractivity contribution is -0.143. The Kier molecular flexibility index (Phi) is 11.8. The van der Waals surface area contributed by atoms with E-state index >= 15 is 0 Å². The summed E-state index contributed by atoms with van der Waals surface area (Å²) in [4.78, 5) is 70.9. The van der Waals surface area contributed by atoms with Crippen LogP contribution in [0.5, 0.6) is 0 Å². The maximum Gasteiger partial charge on any atom is 0.326 e. The third kappa shape index (κ3) is 11.5. The second-order valence-electron chi connectivity index (χ2n) is 7.62. The summed E-state index contributed by atoms with van der Waals surface area (Å²) in [6.45, 7) is 4.90. The number of carboxylic acids is 1. The second-order valence-corrected chi connectivity index (χ2v) is 7.62. The van der Waals surface area contributed by atoms with Crippen molar-refractivity contribution in [2.24, 2.45) is 23.1 Å². The van der Waals surface area contributed by atoms with Gasteiger partial charge in [0.2, 0.25) is 29.5 Å². The molecule has 0 radical (unpaired) electrons. The molecule has 0 spiro atoms. The predicted molar refractivity (Wildman–Crippen MR) is 109 cm³/mol. The summed E-state index contributed by atoms with van der Waals surface area (Å²) < 4.78 is 0. The maximum atomic E-state index is 12.6. The van der Waals surface area contributed by atoms with E-state index in [4.69, 9.17) is 17.2 Å². The number of hydrogen-bond donors (Lipinski definition) is 7. The molecule has 0 saturated carbocycles. The summed E-state index contributed by atoms with van der Waals surface area (Å²) in [7, 11) is 0. The van der Waals surface area contributed by atoms with Crippen LogP contribution in [0, 0.1) is 5.92 Å². The molecule has 0 aromatic carbocycles. The van der Waals surface area contributed by atoms with Crippen LogP contribution in [-0.4, -0.2) is 64.8 Å². The molecular formula is C18H32N6O7. The number of carbonyl (C=O) groups is 6. The lowest BCUT2D eigenvalue weighted by atomic mass is 10.0. The van der Waals surface area contributed by atoms with E-state index in [-0.39, 0.29) is 25.2 Å². The Hall–Kier alpha value is -3.22. The molecule has 31 heavy (non-hydrogen) atoms. The van der Waals surface area contributed by atoms with E-state index in [2.05, 4.69) is 16.0 Å². The molecular weight excluding hydrogens is 412 g/mol. The van der Waals surface area contributed by atoms with Crippen molar-refractivity contribution in [3.05, 3.63) is 0 Å². The fourth-order valence-corrected chi connectivity index (χ4v) is 2.51. The molecule has 10 N–H and O–H groups in total. The molecule has 13 heteroatoms. The zero-order valence-electron chi connectivity index (χ0n) is 17.8. The van der Waals surface area contributed by atoms with Crippen LogP contribution < -0.4 is 33.2 Å². The average Bonchev–Trinajstić information content (AvgIpc) is 2.62. The fourth-order valence-electron chi connectivity index (χ4n) is 2.51. The van der Waals surface area contributed by atoms with Gasteiger partial charge < -0.3 is 38.3 Å². The molecule has 0 aliphatic heterocycles. The number of hydrogen-bond acceptors (Lipinski definition) is 7. The van der Waals surface area contributed by atoms with Crippen LogP contribution in [0.3, 0.4) is 0 Å². The number of amides is 5. The van der Waals surface area contributed by atoms with E-state index in [1.54, 1.807) is 13.8 Å². The summed E-state index contributed by atoms with van der Waals surface area (Å²) in [5.41, 5.74) is 15.7. The van der Waals surface area contributed by atoms with Crippen molar-refractivity contribution in [1.82, 2.24) is 16.0 Å². The third-order valence-electron chi connectivity index (χ3n) is 4.09. The molecule has 4 unspecified atom stereocenters. The van der Waals surface area contributed by atoms with Crippen molar-refractivity contribution in [2.75, 3.05) is 0 Å². The quantitative estimate of drug-likeness (QED) is 0.146. The van der Waals surface area contributed by atoms with Crippen molar-refractivity contribution in [3.63, 3.8) is 0 Å². The Morgan fingerprint density at radius 1 is 0.774 bits per heavy atom. The molecule has 0 saturated heterocycles. The van der Waals surface area contributed by atoms with E-state index < -0.39 is 66.1 Å². The van der Waals surface area contributed by atoms with Gasteiger partial charge in [0.15, 0.2) is 0 Å². The molecule has 0 bridgehead atoms. The highest BCUT2D eigenvalue weighted by Crippen LogP contribution is 2.07. The van der Waals surface area contributed by atoms with Gasteiger partial charge in [-0.25, -0.2) is 4.79 Å². The summed E-state index contributed by atoms with van der Waals surface area (Å²) in [5, 5.41) is 16.2. The number of nitrogens with two attached hydrogens (primary N) is 3. The van der Waals surface area contributed by atoms with Crippen molar-refractivity contribution in [1.29, 1.82) is 0 Å². The SMILES string of the molecule is CC(C)CC(NC(=O)C(CCC(N)=O)NC(=O)C(CC(N)=O)NC(=O)C(C)N)C(=O)O. The Labute approximate surface area is 179 Å². The van der Waals surface area contributed by atoms with E-state index in [1.807, 2.05) is 0 Å². The lowest BCUT2D eigenvalue weighted by Crippen LogP contribution is -2.57. The molecule has 13 nitrogen and oxygen atoms in total. The Balaban J connectivity index is 5.52. The smallest absolute Gasteiger partial charge is 0.326 e. The van der Waals surface area contributed by atoms with E-state index in [0.717, 1.165) is 0 Å². The summed E-state index contributed by atoms with van der Waals surface area (Å²) in [5.74, 6) is -5.49. The molecule has 5 amide bonds. The number of aliphatic carboxylic acids is 1. The van der Waals surface area contributed by atoms with Crippen LogP contribution in [0.4, 0.5) is 0 Å². The highest BCUT2D eigenvalue weighted by molar-refractivity contribution is 5.96. The summed E-state index contributed by atoms with van der Waals surface area (Å²) in [6, 6.07) is -4.98. The molecule has 0 heterocycles. The molecule has 176 valence electrons. The van der Waals surface area contributed by atoms with Crippen LogP contribution in [0.15, 0.2) is 0 Å². The van der Waals surface area contributed by atoms with Crippen LogP contribution in [0.25, 0.3) is 0 Å². The second kappa shape index (κ2) is 13.2. The zero-order valence-corrected chi connectivity index (χ0v) is 17.8. The van der Waals surface area contributed by atoms with Gasteiger partial charge >= 0.3 is 5.97 Å². The zero-order chi connectivity index (χ0) is 24.3. The lowest BCUT2D eigenvalue weighted by Gasteiger charge is -2.24. The van der Waals surface area contributed by atoms with Gasteiger partial charge in [-0.15, -0.1) is 0 Å². The van der Waals surface area contributed by atoms with Crippen molar-refractivity contribution >= 4 is 35.5 Å². The first-order valence-corrected chi connectivity index (χ1v) is 9.70. The normalized spacial score (nSPS) is 14.6. The monoisotopic (exact) mass is 444 g/mol. The Morgan fingerprint density at radius 3 is 1.68 bits per heavy atom. The first-order chi connectivity index (χ1) is 14.2. The number of rotatable bonds is 14. The van der Waals surface area contributed by atoms with Crippen LogP contribution in [0.2, 0.25) is 0 Å². The van der Waals surface area contributed by atoms with E-state index in [0.29, 0.717) is 0 Å². The van der Waals surface area contributed by atoms with Gasteiger partial charge in [-0.1, -0.05) is 13.8 Å². The molecule has 4 atom stereocenters. The molecule has 0 aromatic heterocycles. The summed E-state index contributed by atoms with van der Waals surface area (Å²) in [6.07, 6.45) is -0.954. The highest BCUT2D eigenvalue weighted by Gasteiger charge is 2.31. The van der Waals surface area contributed by atoms with Gasteiger partial charge in [-0.3, -0.25) is 24.0 Å². The molecule has 0 aliphatic rings. The van der Waals surface area contributed by atoms with Gasteiger partial charge in [-0.05, 0) is 25.7 Å². The first-order valence-electron chi connectivity index (χ1n) is 9.70. The number of primary amides is 2. The Bertz CT molecular complexity index is 695. The first kappa shape index (κ1) is 27.8. The Morgan fingerprint density at radius 2 is 1.26 bits per heavy atom. The molecule has 0 rings (SSSR count). The topological polar surface area (TPSA) is 237 Å². The number of carbonyl (C=O) groups excluding carboxylic acids is 5.